The maximum atomic E-state index is 11.9. The van der Waals surface area contributed by atoms with Crippen molar-refractivity contribution in [1.82, 2.24) is 5.32 Å². The van der Waals surface area contributed by atoms with Crippen molar-refractivity contribution in [1.29, 1.82) is 0 Å². The van der Waals surface area contributed by atoms with Gasteiger partial charge in [-0.2, -0.15) is 0 Å². The fourth-order valence-electron chi connectivity index (χ4n) is 1.75. The molecule has 1 fully saturated rings. The Morgan fingerprint density at radius 2 is 2.29 bits per heavy atom. The van der Waals surface area contributed by atoms with Gasteiger partial charge < -0.3 is 11.1 Å². The van der Waals surface area contributed by atoms with Crippen LogP contribution in [0.4, 0.5) is 0 Å². The van der Waals surface area contributed by atoms with E-state index < -0.39 is 0 Å². The van der Waals surface area contributed by atoms with Gasteiger partial charge >= 0.3 is 0 Å². The van der Waals surface area contributed by atoms with Crippen molar-refractivity contribution in [2.75, 3.05) is 6.54 Å². The van der Waals surface area contributed by atoms with Gasteiger partial charge in [-0.05, 0) is 31.7 Å². The summed E-state index contributed by atoms with van der Waals surface area (Å²) in [6.07, 6.45) is 2.29. The largest absolute Gasteiger partial charge is 0.347 e. The van der Waals surface area contributed by atoms with Crippen LogP contribution in [0, 0.1) is 5.92 Å². The molecule has 1 aliphatic rings. The van der Waals surface area contributed by atoms with Crippen LogP contribution in [0.3, 0.4) is 0 Å². The number of amides is 1. The van der Waals surface area contributed by atoms with Gasteiger partial charge in [0.2, 0.25) is 0 Å². The lowest BCUT2D eigenvalue weighted by Gasteiger charge is -2.14. The summed E-state index contributed by atoms with van der Waals surface area (Å²) in [5.41, 5.74) is 6.22. The maximum Gasteiger partial charge on any atom is 0.261 e. The average Bonchev–Trinajstić information content (AvgIpc) is 3.01. The van der Waals surface area contributed by atoms with Crippen LogP contribution >= 0.6 is 11.3 Å². The Hall–Kier alpha value is -1.20. The number of thiophene rings is 1. The molecule has 0 radical (unpaired) electrons. The molecule has 17 heavy (non-hydrogen) atoms. The molecule has 0 aliphatic heterocycles. The van der Waals surface area contributed by atoms with E-state index in [9.17, 15) is 9.59 Å². The zero-order valence-electron chi connectivity index (χ0n) is 9.73. The summed E-state index contributed by atoms with van der Waals surface area (Å²) in [5.74, 6) is 0.402. The van der Waals surface area contributed by atoms with Gasteiger partial charge in [0.1, 0.15) is 0 Å². The van der Waals surface area contributed by atoms with Crippen LogP contribution in [-0.4, -0.2) is 24.3 Å². The number of hydrogen-bond acceptors (Lipinski definition) is 4. The second-order valence-corrected chi connectivity index (χ2v) is 5.32. The second kappa shape index (κ2) is 4.98. The van der Waals surface area contributed by atoms with Crippen LogP contribution in [0.2, 0.25) is 0 Å². The minimum atomic E-state index is -0.121. The van der Waals surface area contributed by atoms with E-state index in [2.05, 4.69) is 5.32 Å². The first-order valence-corrected chi connectivity index (χ1v) is 6.60. The lowest BCUT2D eigenvalue weighted by Crippen LogP contribution is -2.41. The van der Waals surface area contributed by atoms with Crippen molar-refractivity contribution in [2.45, 2.75) is 25.8 Å². The number of ketones is 1. The molecule has 0 spiro atoms. The van der Waals surface area contributed by atoms with Gasteiger partial charge in [-0.25, -0.2) is 0 Å². The Balaban J connectivity index is 2.00. The molecular weight excluding hydrogens is 236 g/mol. The summed E-state index contributed by atoms with van der Waals surface area (Å²) in [5, 5.41) is 4.65. The number of rotatable bonds is 5. The topological polar surface area (TPSA) is 72.2 Å². The second-order valence-electron chi connectivity index (χ2n) is 4.41. The predicted octanol–water partition coefficient (Wildman–Crippen LogP) is 1.42. The lowest BCUT2D eigenvalue weighted by atomic mass is 10.2. The highest BCUT2D eigenvalue weighted by Gasteiger charge is 2.31. The van der Waals surface area contributed by atoms with Crippen molar-refractivity contribution in [3.05, 3.63) is 21.9 Å². The highest BCUT2D eigenvalue weighted by Crippen LogP contribution is 2.32. The first-order valence-electron chi connectivity index (χ1n) is 5.72. The van der Waals surface area contributed by atoms with Gasteiger partial charge in [0.05, 0.1) is 4.88 Å². The van der Waals surface area contributed by atoms with Crippen molar-refractivity contribution in [3.63, 3.8) is 0 Å². The highest BCUT2D eigenvalue weighted by molar-refractivity contribution is 7.12. The Labute approximate surface area is 104 Å². The molecule has 0 aromatic carbocycles. The maximum absolute atomic E-state index is 11.9. The van der Waals surface area contributed by atoms with Gasteiger partial charge in [0, 0.05) is 23.5 Å². The van der Waals surface area contributed by atoms with Crippen molar-refractivity contribution < 1.29 is 9.59 Å². The molecule has 1 amide bonds. The minimum Gasteiger partial charge on any atom is -0.347 e. The number of nitrogens with two attached hydrogens (primary N) is 1. The Morgan fingerprint density at radius 1 is 1.59 bits per heavy atom. The summed E-state index contributed by atoms with van der Waals surface area (Å²) in [6.45, 7) is 1.97. The van der Waals surface area contributed by atoms with E-state index in [4.69, 9.17) is 5.73 Å². The van der Waals surface area contributed by atoms with Crippen LogP contribution in [0.1, 0.15) is 39.8 Å². The minimum absolute atomic E-state index is 0.0159. The summed E-state index contributed by atoms with van der Waals surface area (Å²) < 4.78 is 0. The van der Waals surface area contributed by atoms with Gasteiger partial charge in [0.25, 0.3) is 5.91 Å². The van der Waals surface area contributed by atoms with E-state index >= 15 is 0 Å². The first kappa shape index (κ1) is 12.3. The Kier molecular flexibility index (Phi) is 3.59. The molecule has 0 saturated heterocycles. The molecule has 92 valence electrons. The van der Waals surface area contributed by atoms with Crippen molar-refractivity contribution in [3.8, 4) is 0 Å². The standard InChI is InChI=1S/C12H16N2O2S/c1-7(15)9-4-11(17-6-9)12(16)14-10(5-13)8-2-3-8/h4,6,8,10H,2-3,5,13H2,1H3,(H,14,16). The molecule has 2 rings (SSSR count). The molecule has 1 aromatic rings. The summed E-state index contributed by atoms with van der Waals surface area (Å²) in [4.78, 5) is 23.6. The van der Waals surface area contributed by atoms with Crippen molar-refractivity contribution in [2.24, 2.45) is 11.7 Å². The van der Waals surface area contributed by atoms with Crippen LogP contribution in [-0.2, 0) is 0 Å². The van der Waals surface area contributed by atoms with Gasteiger partial charge in [-0.15, -0.1) is 11.3 Å². The molecule has 5 heteroatoms. The number of Topliss-reactive ketones (excluding diaryl/α,β-unsaturated/α-hetero) is 1. The molecule has 1 aromatic heterocycles. The van der Waals surface area contributed by atoms with E-state index in [0.717, 1.165) is 12.8 Å². The number of carbonyl (C=O) groups excluding carboxylic acids is 2. The van der Waals surface area contributed by atoms with E-state index in [1.165, 1.54) is 18.3 Å². The third-order valence-electron chi connectivity index (χ3n) is 2.99. The predicted molar refractivity (Wildman–Crippen MR) is 67.4 cm³/mol. The smallest absolute Gasteiger partial charge is 0.261 e. The zero-order chi connectivity index (χ0) is 12.4. The third kappa shape index (κ3) is 2.92. The first-order chi connectivity index (χ1) is 8.11. The number of carbonyl (C=O) groups is 2. The van der Waals surface area contributed by atoms with E-state index in [1.54, 1.807) is 11.4 Å². The van der Waals surface area contributed by atoms with E-state index in [0.29, 0.717) is 22.9 Å². The van der Waals surface area contributed by atoms with Crippen LogP contribution in [0.15, 0.2) is 11.4 Å². The summed E-state index contributed by atoms with van der Waals surface area (Å²) in [7, 11) is 0. The molecule has 1 unspecified atom stereocenters. The van der Waals surface area contributed by atoms with Gasteiger partial charge in [-0.1, -0.05) is 0 Å². The summed E-state index contributed by atoms with van der Waals surface area (Å²) >= 11 is 1.30. The molecular formula is C12H16N2O2S. The summed E-state index contributed by atoms with van der Waals surface area (Å²) in [6, 6.07) is 1.72. The van der Waals surface area contributed by atoms with Crippen LogP contribution in [0.25, 0.3) is 0 Å². The fourth-order valence-corrected chi connectivity index (χ4v) is 2.60. The lowest BCUT2D eigenvalue weighted by molar-refractivity contribution is 0.0937. The number of hydrogen-bond donors (Lipinski definition) is 2. The van der Waals surface area contributed by atoms with Crippen LogP contribution in [0.5, 0.6) is 0 Å². The Morgan fingerprint density at radius 3 is 2.76 bits per heavy atom. The molecule has 1 heterocycles. The zero-order valence-corrected chi connectivity index (χ0v) is 10.5. The molecule has 1 aliphatic carbocycles. The van der Waals surface area contributed by atoms with E-state index in [1.807, 2.05) is 0 Å². The number of nitrogens with one attached hydrogen (secondary N) is 1. The molecule has 0 bridgehead atoms. The molecule has 3 N–H and O–H groups in total. The van der Waals surface area contributed by atoms with Gasteiger partial charge in [-0.3, -0.25) is 9.59 Å². The van der Waals surface area contributed by atoms with E-state index in [-0.39, 0.29) is 17.7 Å². The third-order valence-corrected chi connectivity index (χ3v) is 3.92. The van der Waals surface area contributed by atoms with Gasteiger partial charge in [0.15, 0.2) is 5.78 Å². The normalized spacial score (nSPS) is 16.6. The molecule has 4 nitrogen and oxygen atoms in total. The average molecular weight is 252 g/mol. The monoisotopic (exact) mass is 252 g/mol. The van der Waals surface area contributed by atoms with Crippen LogP contribution < -0.4 is 11.1 Å². The Bertz CT molecular complexity index is 437. The van der Waals surface area contributed by atoms with Crippen molar-refractivity contribution >= 4 is 23.0 Å². The fraction of sp³-hybridized carbons (Fsp3) is 0.500. The highest BCUT2D eigenvalue weighted by atomic mass is 32.1. The SMILES string of the molecule is CC(=O)c1csc(C(=O)NC(CN)C2CC2)c1. The quantitative estimate of drug-likeness (QED) is 0.778. The molecule has 1 saturated carbocycles. The molecule has 1 atom stereocenters.